The molecule has 0 saturated heterocycles. The summed E-state index contributed by atoms with van der Waals surface area (Å²) in [6.07, 6.45) is 0. The zero-order valence-electron chi connectivity index (χ0n) is 35.1. The summed E-state index contributed by atoms with van der Waals surface area (Å²) in [5, 5.41) is 44.1. The molecule has 3 heterocycles. The van der Waals surface area contributed by atoms with Gasteiger partial charge in [-0.05, 0) is 64.1 Å². The summed E-state index contributed by atoms with van der Waals surface area (Å²) >= 11 is 1.44. The number of hydrogen-bond donors (Lipinski definition) is 6. The van der Waals surface area contributed by atoms with Crippen LogP contribution in [0.4, 0.5) is 62.0 Å². The number of nitrogens with zero attached hydrogens (tertiary/aromatic N) is 10. The van der Waals surface area contributed by atoms with Crippen molar-refractivity contribution in [3.8, 4) is 11.5 Å². The Hall–Kier alpha value is -5.61. The first-order valence-corrected chi connectivity index (χ1v) is 23.8. The molecule has 5 aromatic rings. The van der Waals surface area contributed by atoms with Gasteiger partial charge in [0.25, 0.3) is 0 Å². The fraction of sp³-hybridized carbons (Fsp3) is 0.378. The molecule has 0 unspecified atom stereocenters. The second kappa shape index (κ2) is 21.7. The molecule has 0 atom stereocenters. The zero-order valence-corrected chi connectivity index (χ0v) is 38.4. The minimum atomic E-state index is -4.46. The fourth-order valence-corrected chi connectivity index (χ4v) is 9.01. The highest BCUT2D eigenvalue weighted by molar-refractivity contribution is 7.88. The van der Waals surface area contributed by atoms with E-state index in [9.17, 15) is 36.2 Å². The van der Waals surface area contributed by atoms with E-state index >= 15 is 0 Å². The molecule has 0 spiro atoms. The van der Waals surface area contributed by atoms with Crippen molar-refractivity contribution in [3.63, 3.8) is 0 Å². The van der Waals surface area contributed by atoms with Gasteiger partial charge in [0, 0.05) is 51.4 Å². The van der Waals surface area contributed by atoms with E-state index in [4.69, 9.17) is 14.5 Å². The smallest absolute Gasteiger partial charge is 0.304 e. The average molecular weight is 949 g/mol. The molecule has 22 nitrogen and oxygen atoms in total. The van der Waals surface area contributed by atoms with Crippen molar-refractivity contribution in [1.29, 1.82) is 0 Å². The van der Waals surface area contributed by atoms with E-state index in [1.54, 1.807) is 29.2 Å². The van der Waals surface area contributed by atoms with Gasteiger partial charge < -0.3 is 45.0 Å². The highest BCUT2D eigenvalue weighted by atomic mass is 32.3. The van der Waals surface area contributed by atoms with Gasteiger partial charge in [0.15, 0.2) is 0 Å². The Morgan fingerprint density at radius 3 is 1.32 bits per heavy atom. The molecule has 26 heteroatoms. The summed E-state index contributed by atoms with van der Waals surface area (Å²) in [5.74, 6) is 0.947. The maximum atomic E-state index is 11.7. The van der Waals surface area contributed by atoms with Gasteiger partial charge in [-0.1, -0.05) is 0 Å². The van der Waals surface area contributed by atoms with Crippen molar-refractivity contribution >= 4 is 105 Å². The molecule has 340 valence electrons. The number of rotatable bonds is 23. The van der Waals surface area contributed by atoms with Crippen LogP contribution in [0.1, 0.15) is 27.7 Å². The van der Waals surface area contributed by atoms with Crippen LogP contribution in [0, 0.1) is 0 Å². The number of aromatic nitrogens is 3. The lowest BCUT2D eigenvalue weighted by atomic mass is 10.2. The number of anilines is 7. The summed E-state index contributed by atoms with van der Waals surface area (Å²) in [7, 11) is -5.90. The minimum absolute atomic E-state index is 0.0164. The van der Waals surface area contributed by atoms with E-state index in [2.05, 4.69) is 41.1 Å². The monoisotopic (exact) mass is 948 g/mol. The van der Waals surface area contributed by atoms with Crippen LogP contribution in [-0.4, -0.2) is 118 Å². The lowest BCUT2D eigenvalue weighted by Crippen LogP contribution is -2.31. The van der Waals surface area contributed by atoms with Crippen molar-refractivity contribution < 1.29 is 45.6 Å². The van der Waals surface area contributed by atoms with Gasteiger partial charge in [-0.25, -0.2) is 0 Å². The van der Waals surface area contributed by atoms with E-state index in [0.29, 0.717) is 60.4 Å². The maximum absolute atomic E-state index is 11.7. The normalized spacial score (nSPS) is 12.0. The fourth-order valence-electron chi connectivity index (χ4n) is 6.05. The summed E-state index contributed by atoms with van der Waals surface area (Å²) in [4.78, 5) is 19.7. The first kappa shape index (κ1) is 48.4. The highest BCUT2D eigenvalue weighted by Crippen LogP contribution is 2.43. The van der Waals surface area contributed by atoms with Gasteiger partial charge in [0.05, 0.1) is 50.2 Å². The third-order valence-corrected chi connectivity index (χ3v) is 13.7. The van der Waals surface area contributed by atoms with Crippen molar-refractivity contribution in [2.75, 3.05) is 92.0 Å². The van der Waals surface area contributed by atoms with Crippen molar-refractivity contribution in [2.24, 2.45) is 20.5 Å². The van der Waals surface area contributed by atoms with Gasteiger partial charge in [-0.15, -0.1) is 43.1 Å². The number of nitrogens with one attached hydrogen (secondary N) is 2. The van der Waals surface area contributed by atoms with Crippen LogP contribution in [0.25, 0.3) is 0 Å². The van der Waals surface area contributed by atoms with Gasteiger partial charge in [-0.3, -0.25) is 9.11 Å². The van der Waals surface area contributed by atoms with Crippen LogP contribution in [0.3, 0.4) is 0 Å². The van der Waals surface area contributed by atoms with Gasteiger partial charge in [0.2, 0.25) is 17.8 Å². The number of aliphatic hydroxyl groups excluding tert-OH is 2. The Bertz CT molecular complexity index is 2460. The number of azo groups is 2. The summed E-state index contributed by atoms with van der Waals surface area (Å²) in [5.41, 5.74) is 2.53. The van der Waals surface area contributed by atoms with Crippen LogP contribution in [-0.2, 0) is 20.2 Å². The van der Waals surface area contributed by atoms with E-state index in [-0.39, 0.29) is 73.9 Å². The second-order valence-corrected chi connectivity index (χ2v) is 18.4. The van der Waals surface area contributed by atoms with Crippen LogP contribution >= 0.6 is 22.7 Å². The summed E-state index contributed by atoms with van der Waals surface area (Å²) < 4.78 is 76.8. The molecule has 0 saturated carbocycles. The number of methoxy groups -OCH3 is 2. The lowest BCUT2D eigenvalue weighted by molar-refractivity contribution is 0.280. The number of aliphatic hydroxyl groups is 2. The number of ether oxygens (including phenoxy) is 2. The SMILES string of the molecule is CCN(CC)c1cc(Nc2nc(Nc3cc(N(CC)CC)c(OC)cc3N=Nc3ccc(S(=O)(=O)O)s3)nc(N(CCO)CCO)n2)c(N=Nc2ccc(S(=O)(=O)O)s2)cc1OC. The molecular weight excluding hydrogens is 901 g/mol. The van der Waals surface area contributed by atoms with E-state index in [1.807, 2.05) is 37.5 Å². The van der Waals surface area contributed by atoms with E-state index < -0.39 is 20.2 Å². The molecule has 2 aromatic carbocycles. The first-order valence-electron chi connectivity index (χ1n) is 19.3. The Kier molecular flexibility index (Phi) is 16.6. The number of benzene rings is 2. The molecule has 0 amide bonds. The first-order chi connectivity index (χ1) is 30.1. The third kappa shape index (κ3) is 12.3. The van der Waals surface area contributed by atoms with Crippen molar-refractivity contribution in [1.82, 2.24) is 15.0 Å². The van der Waals surface area contributed by atoms with Crippen LogP contribution in [0.5, 0.6) is 11.5 Å². The van der Waals surface area contributed by atoms with E-state index in [0.717, 1.165) is 22.7 Å². The molecule has 0 aliphatic carbocycles. The number of thiophene rings is 2. The Balaban J connectivity index is 1.69. The van der Waals surface area contributed by atoms with Crippen molar-refractivity contribution in [3.05, 3.63) is 48.5 Å². The summed E-state index contributed by atoms with van der Waals surface area (Å²) in [6.45, 7) is 9.90. The van der Waals surface area contributed by atoms with Crippen molar-refractivity contribution in [2.45, 2.75) is 36.1 Å². The summed E-state index contributed by atoms with van der Waals surface area (Å²) in [6, 6.07) is 12.0. The van der Waals surface area contributed by atoms with E-state index in [1.165, 1.54) is 38.5 Å². The van der Waals surface area contributed by atoms with Crippen LogP contribution in [0.15, 0.2) is 77.4 Å². The van der Waals surface area contributed by atoms with Gasteiger partial charge in [-0.2, -0.15) is 31.8 Å². The molecular formula is C37H48N12O10S4. The Labute approximate surface area is 372 Å². The van der Waals surface area contributed by atoms with Gasteiger partial charge in [0.1, 0.15) is 41.3 Å². The molecule has 5 rings (SSSR count). The second-order valence-electron chi connectivity index (χ2n) is 12.9. The molecule has 63 heavy (non-hydrogen) atoms. The van der Waals surface area contributed by atoms with Crippen LogP contribution in [0.2, 0.25) is 0 Å². The number of hydrogen-bond acceptors (Lipinski definition) is 22. The molecule has 0 aliphatic heterocycles. The molecule has 0 radical (unpaired) electrons. The minimum Gasteiger partial charge on any atom is -0.494 e. The third-order valence-electron chi connectivity index (χ3n) is 9.10. The average Bonchev–Trinajstić information content (AvgIpc) is 3.95. The maximum Gasteiger partial charge on any atom is 0.304 e. The highest BCUT2D eigenvalue weighted by Gasteiger charge is 2.22. The predicted octanol–water partition coefficient (Wildman–Crippen LogP) is 7.31. The molecule has 6 N–H and O–H groups in total. The predicted molar refractivity (Wildman–Crippen MR) is 243 cm³/mol. The lowest BCUT2D eigenvalue weighted by Gasteiger charge is -2.25. The molecule has 0 fully saturated rings. The standard InChI is InChI=1S/C37H48N12O10S4/c1-7-47(8-2)27-19-23(25(21-29(27)58-5)43-45-31-11-13-33(60-31)62(52,53)54)38-35-40-36(42-37(41-35)49(15-17-50)16-18-51)39-24-20-28(48(9-3)10-4)30(59-6)22-26(24)44-46-32-12-14-34(61-32)63(55,56)57/h11-14,19-22,50-51H,7-10,15-18H2,1-6H3,(H,52,53,54)(H,55,56,57)(H2,38,39,40,41,42). The molecule has 0 bridgehead atoms. The molecule has 3 aromatic heterocycles. The zero-order chi connectivity index (χ0) is 45.9. The topological polar surface area (TPSA) is 290 Å². The Morgan fingerprint density at radius 1 is 0.603 bits per heavy atom. The van der Waals surface area contributed by atoms with Crippen LogP contribution < -0.4 is 34.8 Å². The largest absolute Gasteiger partial charge is 0.494 e. The molecule has 0 aliphatic rings. The Morgan fingerprint density at radius 2 is 1.00 bits per heavy atom. The van der Waals surface area contributed by atoms with Gasteiger partial charge >= 0.3 is 20.2 Å². The quantitative estimate of drug-likeness (QED) is 0.0276.